The third-order valence-electron chi connectivity index (χ3n) is 4.49. The van der Waals surface area contributed by atoms with E-state index in [1.165, 1.54) is 12.1 Å². The van der Waals surface area contributed by atoms with Crippen molar-refractivity contribution >= 4 is 5.91 Å². The number of aryl methyl sites for hydroxylation is 1. The number of rotatable bonds is 3. The Balaban J connectivity index is 1.62. The molecule has 0 bridgehead atoms. The smallest absolute Gasteiger partial charge is 0.340 e. The molecule has 1 aliphatic rings. The summed E-state index contributed by atoms with van der Waals surface area (Å²) in [5, 5.41) is 4.32. The molecule has 2 aromatic rings. The van der Waals surface area contributed by atoms with Crippen LogP contribution in [0, 0.1) is 6.92 Å². The Bertz CT molecular complexity index is 737. The maximum Gasteiger partial charge on any atom is 0.416 e. The third kappa shape index (κ3) is 4.21. The van der Waals surface area contributed by atoms with Gasteiger partial charge in [0.2, 0.25) is 5.91 Å². The van der Waals surface area contributed by atoms with Crippen LogP contribution in [0.5, 0.6) is 0 Å². The van der Waals surface area contributed by atoms with E-state index in [2.05, 4.69) is 5.10 Å². The lowest BCUT2D eigenvalue weighted by molar-refractivity contribution is -0.137. The molecule has 0 saturated carbocycles. The van der Waals surface area contributed by atoms with Gasteiger partial charge >= 0.3 is 6.18 Å². The van der Waals surface area contributed by atoms with Crippen molar-refractivity contribution in [1.82, 2.24) is 14.7 Å². The van der Waals surface area contributed by atoms with E-state index in [-0.39, 0.29) is 18.4 Å². The Morgan fingerprint density at radius 1 is 1.28 bits per heavy atom. The fourth-order valence-corrected chi connectivity index (χ4v) is 3.13. The van der Waals surface area contributed by atoms with Crippen LogP contribution in [0.15, 0.2) is 36.7 Å². The molecule has 25 heavy (non-hydrogen) atoms. The predicted octanol–water partition coefficient (Wildman–Crippen LogP) is 3.62. The zero-order chi connectivity index (χ0) is 18.0. The van der Waals surface area contributed by atoms with Gasteiger partial charge in [-0.1, -0.05) is 12.1 Å². The molecule has 1 saturated heterocycles. The van der Waals surface area contributed by atoms with Crippen LogP contribution in [-0.2, 0) is 17.4 Å². The average molecular weight is 351 g/mol. The molecule has 3 rings (SSSR count). The van der Waals surface area contributed by atoms with Crippen molar-refractivity contribution in [3.8, 4) is 0 Å². The number of hydrogen-bond acceptors (Lipinski definition) is 2. The van der Waals surface area contributed by atoms with Crippen LogP contribution >= 0.6 is 0 Å². The lowest BCUT2D eigenvalue weighted by Crippen LogP contribution is -2.41. The number of carbonyl (C=O) groups is 1. The van der Waals surface area contributed by atoms with Gasteiger partial charge in [-0.3, -0.25) is 9.48 Å². The van der Waals surface area contributed by atoms with Gasteiger partial charge in [0.05, 0.1) is 24.2 Å². The van der Waals surface area contributed by atoms with Crippen LogP contribution in [0.4, 0.5) is 13.2 Å². The zero-order valence-electron chi connectivity index (χ0n) is 14.0. The molecule has 0 aliphatic carbocycles. The highest BCUT2D eigenvalue weighted by atomic mass is 19.4. The summed E-state index contributed by atoms with van der Waals surface area (Å²) in [6.45, 7) is 3.23. The fourth-order valence-electron chi connectivity index (χ4n) is 3.13. The third-order valence-corrected chi connectivity index (χ3v) is 4.49. The molecular weight excluding hydrogens is 331 g/mol. The molecule has 134 valence electrons. The predicted molar refractivity (Wildman–Crippen MR) is 87.0 cm³/mol. The minimum atomic E-state index is -4.36. The number of benzene rings is 1. The topological polar surface area (TPSA) is 38.1 Å². The second kappa shape index (κ2) is 6.90. The average Bonchev–Trinajstić information content (AvgIpc) is 3.01. The summed E-state index contributed by atoms with van der Waals surface area (Å²) < 4.78 is 39.7. The number of hydrogen-bond donors (Lipinski definition) is 0. The van der Waals surface area contributed by atoms with Gasteiger partial charge in [0.15, 0.2) is 0 Å². The number of aromatic nitrogens is 2. The molecule has 7 heteroatoms. The summed E-state index contributed by atoms with van der Waals surface area (Å²) in [5.74, 6) is -0.0617. The van der Waals surface area contributed by atoms with Gasteiger partial charge in [0, 0.05) is 19.3 Å². The van der Waals surface area contributed by atoms with Gasteiger partial charge in [0.1, 0.15) is 0 Å². The lowest BCUT2D eigenvalue weighted by Gasteiger charge is -2.33. The minimum Gasteiger partial charge on any atom is -0.340 e. The zero-order valence-corrected chi connectivity index (χ0v) is 14.0. The van der Waals surface area contributed by atoms with E-state index in [4.69, 9.17) is 0 Å². The second-order valence-corrected chi connectivity index (χ2v) is 6.50. The number of carbonyl (C=O) groups excluding carboxylic acids is 1. The Hall–Kier alpha value is -2.31. The van der Waals surface area contributed by atoms with Crippen molar-refractivity contribution in [2.75, 3.05) is 13.1 Å². The van der Waals surface area contributed by atoms with Crippen LogP contribution in [0.2, 0.25) is 0 Å². The molecule has 4 nitrogen and oxygen atoms in total. The van der Waals surface area contributed by atoms with E-state index < -0.39 is 11.7 Å². The maximum absolute atomic E-state index is 12.6. The van der Waals surface area contributed by atoms with Gasteiger partial charge in [-0.15, -0.1) is 0 Å². The Kier molecular flexibility index (Phi) is 4.83. The van der Waals surface area contributed by atoms with Crippen molar-refractivity contribution in [3.63, 3.8) is 0 Å². The molecule has 0 spiro atoms. The molecular formula is C18H20F3N3O. The van der Waals surface area contributed by atoms with E-state index in [1.807, 2.05) is 17.8 Å². The summed E-state index contributed by atoms with van der Waals surface area (Å²) in [6.07, 6.45) is 1.37. The van der Waals surface area contributed by atoms with Crippen LogP contribution in [0.1, 0.15) is 35.6 Å². The van der Waals surface area contributed by atoms with E-state index in [0.717, 1.165) is 30.5 Å². The number of halogens is 3. The highest BCUT2D eigenvalue weighted by molar-refractivity contribution is 5.78. The van der Waals surface area contributed by atoms with Crippen LogP contribution < -0.4 is 0 Å². The van der Waals surface area contributed by atoms with E-state index in [1.54, 1.807) is 11.1 Å². The van der Waals surface area contributed by atoms with Crippen molar-refractivity contribution in [1.29, 1.82) is 0 Å². The number of likely N-dealkylation sites (tertiary alicyclic amines) is 1. The van der Waals surface area contributed by atoms with Crippen LogP contribution in [0.25, 0.3) is 0 Å². The molecule has 1 aromatic carbocycles. The number of piperidine rings is 1. The molecule has 1 atom stereocenters. The first kappa shape index (κ1) is 17.5. The largest absolute Gasteiger partial charge is 0.416 e. The Labute approximate surface area is 144 Å². The first-order valence-electron chi connectivity index (χ1n) is 8.27. The summed E-state index contributed by atoms with van der Waals surface area (Å²) >= 11 is 0. The maximum atomic E-state index is 12.6. The molecule has 1 amide bonds. The summed E-state index contributed by atoms with van der Waals surface area (Å²) in [5.41, 5.74) is 0.971. The van der Waals surface area contributed by atoms with E-state index in [0.29, 0.717) is 18.7 Å². The monoisotopic (exact) mass is 351 g/mol. The fraction of sp³-hybridized carbons (Fsp3) is 0.444. The van der Waals surface area contributed by atoms with Gasteiger partial charge in [0.25, 0.3) is 0 Å². The SMILES string of the molecule is Cc1cnn(C2CCCN(C(=O)Cc3ccc(C(F)(F)F)cc3)C2)c1. The molecule has 1 aromatic heterocycles. The Morgan fingerprint density at radius 3 is 2.60 bits per heavy atom. The normalized spacial score (nSPS) is 18.4. The molecule has 1 aliphatic heterocycles. The van der Waals surface area contributed by atoms with Crippen molar-refractivity contribution in [3.05, 3.63) is 53.3 Å². The van der Waals surface area contributed by atoms with Gasteiger partial charge in [-0.25, -0.2) is 0 Å². The van der Waals surface area contributed by atoms with Crippen molar-refractivity contribution in [2.45, 2.75) is 38.4 Å². The molecule has 1 unspecified atom stereocenters. The van der Waals surface area contributed by atoms with Gasteiger partial charge in [-0.2, -0.15) is 18.3 Å². The van der Waals surface area contributed by atoms with Gasteiger partial charge < -0.3 is 4.90 Å². The number of nitrogens with zero attached hydrogens (tertiary/aromatic N) is 3. The molecule has 0 N–H and O–H groups in total. The number of amides is 1. The molecule has 1 fully saturated rings. The standard InChI is InChI=1S/C18H20F3N3O/c1-13-10-22-24(11-13)16-3-2-8-23(12-16)17(25)9-14-4-6-15(7-5-14)18(19,20)21/h4-7,10-11,16H,2-3,8-9,12H2,1H3. The Morgan fingerprint density at radius 2 is 2.00 bits per heavy atom. The summed E-state index contributed by atoms with van der Waals surface area (Å²) in [4.78, 5) is 14.3. The first-order chi connectivity index (χ1) is 11.8. The van der Waals surface area contributed by atoms with Crippen molar-refractivity contribution < 1.29 is 18.0 Å². The van der Waals surface area contributed by atoms with E-state index >= 15 is 0 Å². The first-order valence-corrected chi connectivity index (χ1v) is 8.27. The van der Waals surface area contributed by atoms with E-state index in [9.17, 15) is 18.0 Å². The highest BCUT2D eigenvalue weighted by Gasteiger charge is 2.30. The van der Waals surface area contributed by atoms with Crippen LogP contribution in [-0.4, -0.2) is 33.7 Å². The molecule has 0 radical (unpaired) electrons. The highest BCUT2D eigenvalue weighted by Crippen LogP contribution is 2.29. The van der Waals surface area contributed by atoms with Crippen LogP contribution in [0.3, 0.4) is 0 Å². The summed E-state index contributed by atoms with van der Waals surface area (Å²) in [7, 11) is 0. The van der Waals surface area contributed by atoms with Crippen molar-refractivity contribution in [2.24, 2.45) is 0 Å². The quantitative estimate of drug-likeness (QED) is 0.847. The summed E-state index contributed by atoms with van der Waals surface area (Å²) in [6, 6.07) is 4.94. The lowest BCUT2D eigenvalue weighted by atomic mass is 10.0. The minimum absolute atomic E-state index is 0.0617. The van der Waals surface area contributed by atoms with Gasteiger partial charge in [-0.05, 0) is 43.0 Å². The second-order valence-electron chi connectivity index (χ2n) is 6.50. The number of alkyl halides is 3. The molecule has 2 heterocycles.